The number of nitriles is 1. The molecule has 0 aliphatic heterocycles. The second-order valence-electron chi connectivity index (χ2n) is 3.99. The number of hydrogen-bond donors (Lipinski definition) is 1. The largest absolute Gasteiger partial charge is 0.478 e. The molecule has 0 saturated carbocycles. The van der Waals surface area contributed by atoms with E-state index in [2.05, 4.69) is 0 Å². The van der Waals surface area contributed by atoms with Crippen molar-refractivity contribution >= 4 is 17.7 Å². The quantitative estimate of drug-likeness (QED) is 0.867. The topological polar surface area (TPSA) is 70.3 Å². The molecule has 0 amide bonds. The number of rotatable bonds is 4. The van der Waals surface area contributed by atoms with Crippen LogP contribution >= 0.6 is 11.8 Å². The number of carbonyl (C=O) groups is 1. The second-order valence-corrected chi connectivity index (χ2v) is 4.84. The number of carboxylic acids is 1. The normalized spacial score (nSPS) is 9.95. The Morgan fingerprint density at radius 2 is 2.10 bits per heavy atom. The van der Waals surface area contributed by atoms with Crippen LogP contribution in [-0.2, 0) is 0 Å². The molecular weight excluding hydrogens is 293 g/mol. The van der Waals surface area contributed by atoms with E-state index in [0.29, 0.717) is 10.5 Å². The number of benzene rings is 2. The van der Waals surface area contributed by atoms with Gasteiger partial charge in [0.15, 0.2) is 0 Å². The molecule has 0 bridgehead atoms. The van der Waals surface area contributed by atoms with Crippen LogP contribution in [0.25, 0.3) is 0 Å². The number of halogens is 1. The summed E-state index contributed by atoms with van der Waals surface area (Å²) in [6.45, 7) is 0. The molecule has 0 saturated heterocycles. The van der Waals surface area contributed by atoms with Gasteiger partial charge < -0.3 is 9.84 Å². The van der Waals surface area contributed by atoms with E-state index in [9.17, 15) is 14.4 Å². The summed E-state index contributed by atoms with van der Waals surface area (Å²) in [6, 6.07) is 10.3. The monoisotopic (exact) mass is 303 g/mol. The molecule has 2 rings (SSSR count). The van der Waals surface area contributed by atoms with Gasteiger partial charge in [0, 0.05) is 4.90 Å². The van der Waals surface area contributed by atoms with Crippen LogP contribution in [0, 0.1) is 17.1 Å². The SMILES string of the molecule is CSc1cccc(Oc2ccc(F)cc2C(=O)O)c1C#N. The van der Waals surface area contributed by atoms with Gasteiger partial charge in [-0.25, -0.2) is 9.18 Å². The fraction of sp³-hybridized carbons (Fsp3) is 0.0667. The third-order valence-electron chi connectivity index (χ3n) is 2.71. The van der Waals surface area contributed by atoms with Crippen molar-refractivity contribution in [2.75, 3.05) is 6.26 Å². The van der Waals surface area contributed by atoms with Crippen LogP contribution in [0.1, 0.15) is 15.9 Å². The maximum atomic E-state index is 13.1. The summed E-state index contributed by atoms with van der Waals surface area (Å²) < 4.78 is 18.6. The second kappa shape index (κ2) is 6.29. The lowest BCUT2D eigenvalue weighted by molar-refractivity contribution is 0.0693. The highest BCUT2D eigenvalue weighted by Crippen LogP contribution is 2.33. The minimum atomic E-state index is -1.30. The van der Waals surface area contributed by atoms with E-state index in [1.807, 2.05) is 12.3 Å². The van der Waals surface area contributed by atoms with Crippen molar-refractivity contribution < 1.29 is 19.0 Å². The minimum Gasteiger partial charge on any atom is -0.478 e. The summed E-state index contributed by atoms with van der Waals surface area (Å²) in [4.78, 5) is 11.8. The molecule has 0 atom stereocenters. The van der Waals surface area contributed by atoms with Gasteiger partial charge >= 0.3 is 5.97 Å². The summed E-state index contributed by atoms with van der Waals surface area (Å²) in [5.74, 6) is -1.75. The van der Waals surface area contributed by atoms with Gasteiger partial charge in [-0.2, -0.15) is 5.26 Å². The number of thioether (sulfide) groups is 1. The van der Waals surface area contributed by atoms with Crippen LogP contribution in [0.15, 0.2) is 41.3 Å². The van der Waals surface area contributed by atoms with Crippen molar-refractivity contribution in [3.63, 3.8) is 0 Å². The molecule has 0 aromatic heterocycles. The van der Waals surface area contributed by atoms with Gasteiger partial charge in [-0.15, -0.1) is 11.8 Å². The van der Waals surface area contributed by atoms with Crippen LogP contribution in [0.5, 0.6) is 11.5 Å². The first kappa shape index (κ1) is 14.9. The van der Waals surface area contributed by atoms with E-state index in [0.717, 1.165) is 12.1 Å². The maximum absolute atomic E-state index is 13.1. The fourth-order valence-corrected chi connectivity index (χ4v) is 2.32. The predicted octanol–water partition coefficient (Wildman–Crippen LogP) is 3.91. The first-order valence-corrected chi connectivity index (χ1v) is 7.07. The summed E-state index contributed by atoms with van der Waals surface area (Å²) in [5.41, 5.74) is 0.0131. The Labute approximate surface area is 124 Å². The van der Waals surface area contributed by atoms with Crippen molar-refractivity contribution in [3.8, 4) is 17.6 Å². The fourth-order valence-electron chi connectivity index (χ4n) is 1.75. The lowest BCUT2D eigenvalue weighted by Crippen LogP contribution is -2.01. The number of nitrogens with zero attached hydrogens (tertiary/aromatic N) is 1. The zero-order valence-corrected chi connectivity index (χ0v) is 11.8. The lowest BCUT2D eigenvalue weighted by Gasteiger charge is -2.11. The molecule has 0 aliphatic carbocycles. The smallest absolute Gasteiger partial charge is 0.339 e. The molecule has 6 heteroatoms. The number of ether oxygens (including phenoxy) is 1. The molecule has 0 spiro atoms. The van der Waals surface area contributed by atoms with Crippen LogP contribution in [0.4, 0.5) is 4.39 Å². The number of hydrogen-bond acceptors (Lipinski definition) is 4. The van der Waals surface area contributed by atoms with E-state index in [4.69, 9.17) is 9.84 Å². The zero-order chi connectivity index (χ0) is 15.4. The molecule has 4 nitrogen and oxygen atoms in total. The van der Waals surface area contributed by atoms with Gasteiger partial charge in [0.05, 0.1) is 0 Å². The highest BCUT2D eigenvalue weighted by Gasteiger charge is 2.16. The highest BCUT2D eigenvalue weighted by molar-refractivity contribution is 7.98. The Kier molecular flexibility index (Phi) is 4.45. The lowest BCUT2D eigenvalue weighted by atomic mass is 10.2. The zero-order valence-electron chi connectivity index (χ0n) is 11.0. The standard InChI is InChI=1S/C15H10FNO3S/c1-21-14-4-2-3-12(11(14)8-17)20-13-6-5-9(16)7-10(13)15(18)19/h2-7H,1H3,(H,18,19). The summed E-state index contributed by atoms with van der Waals surface area (Å²) in [6.07, 6.45) is 1.82. The summed E-state index contributed by atoms with van der Waals surface area (Å²) in [7, 11) is 0. The number of carboxylic acid groups (broad SMARTS) is 1. The first-order valence-electron chi connectivity index (χ1n) is 5.84. The van der Waals surface area contributed by atoms with Gasteiger partial charge in [0.25, 0.3) is 0 Å². The van der Waals surface area contributed by atoms with Crippen molar-refractivity contribution in [2.45, 2.75) is 4.90 Å². The van der Waals surface area contributed by atoms with E-state index in [1.54, 1.807) is 18.2 Å². The summed E-state index contributed by atoms with van der Waals surface area (Å²) in [5, 5.41) is 18.3. The van der Waals surface area contributed by atoms with Crippen molar-refractivity contribution in [1.29, 1.82) is 5.26 Å². The Bertz CT molecular complexity index is 740. The predicted molar refractivity (Wildman–Crippen MR) is 76.4 cm³/mol. The Morgan fingerprint density at radius 3 is 2.71 bits per heavy atom. The van der Waals surface area contributed by atoms with Crippen molar-refractivity contribution in [1.82, 2.24) is 0 Å². The molecular formula is C15H10FNO3S. The Hall–Kier alpha value is -2.52. The molecule has 0 unspecified atom stereocenters. The van der Waals surface area contributed by atoms with Gasteiger partial charge in [0.2, 0.25) is 0 Å². The summed E-state index contributed by atoms with van der Waals surface area (Å²) >= 11 is 1.38. The average Bonchev–Trinajstić information content (AvgIpc) is 2.48. The third-order valence-corrected chi connectivity index (χ3v) is 3.49. The van der Waals surface area contributed by atoms with E-state index in [1.165, 1.54) is 17.8 Å². The van der Waals surface area contributed by atoms with E-state index < -0.39 is 11.8 Å². The van der Waals surface area contributed by atoms with Gasteiger partial charge in [-0.1, -0.05) is 6.07 Å². The van der Waals surface area contributed by atoms with Crippen LogP contribution in [-0.4, -0.2) is 17.3 Å². The van der Waals surface area contributed by atoms with Crippen molar-refractivity contribution in [3.05, 3.63) is 53.3 Å². The molecule has 1 N–H and O–H groups in total. The third kappa shape index (κ3) is 3.15. The molecule has 0 aliphatic rings. The van der Waals surface area contributed by atoms with Gasteiger partial charge in [-0.3, -0.25) is 0 Å². The maximum Gasteiger partial charge on any atom is 0.339 e. The number of aromatic carboxylic acids is 1. The van der Waals surface area contributed by atoms with Crippen molar-refractivity contribution in [2.24, 2.45) is 0 Å². The molecule has 2 aromatic rings. The molecule has 0 fully saturated rings. The van der Waals surface area contributed by atoms with Gasteiger partial charge in [-0.05, 0) is 36.6 Å². The minimum absolute atomic E-state index is 0.0151. The van der Waals surface area contributed by atoms with Crippen LogP contribution in [0.2, 0.25) is 0 Å². The average molecular weight is 303 g/mol. The Balaban J connectivity index is 2.49. The first-order chi connectivity index (χ1) is 10.1. The molecule has 106 valence electrons. The van der Waals surface area contributed by atoms with E-state index >= 15 is 0 Å². The van der Waals surface area contributed by atoms with Gasteiger partial charge in [0.1, 0.15) is 34.5 Å². The molecule has 2 aromatic carbocycles. The van der Waals surface area contributed by atoms with E-state index in [-0.39, 0.29) is 17.1 Å². The highest BCUT2D eigenvalue weighted by atomic mass is 32.2. The molecule has 21 heavy (non-hydrogen) atoms. The van der Waals surface area contributed by atoms with Crippen LogP contribution < -0.4 is 4.74 Å². The Morgan fingerprint density at radius 1 is 1.33 bits per heavy atom. The molecule has 0 radical (unpaired) electrons. The molecule has 0 heterocycles. The van der Waals surface area contributed by atoms with Crippen LogP contribution in [0.3, 0.4) is 0 Å².